The summed E-state index contributed by atoms with van der Waals surface area (Å²) in [6.45, 7) is 4.47. The summed E-state index contributed by atoms with van der Waals surface area (Å²) >= 11 is 0. The standard InChI is InChI=1S/C11H23N/c1-3-11(12,4-2)10-8-6-5-7-9-10/h10H,3-9,12H2,1-2H3. The van der Waals surface area contributed by atoms with Crippen LogP contribution in [0.2, 0.25) is 0 Å². The van der Waals surface area contributed by atoms with Gasteiger partial charge in [0.2, 0.25) is 0 Å². The lowest BCUT2D eigenvalue weighted by atomic mass is 9.72. The zero-order valence-corrected chi connectivity index (χ0v) is 8.60. The van der Waals surface area contributed by atoms with Crippen LogP contribution >= 0.6 is 0 Å². The van der Waals surface area contributed by atoms with Gasteiger partial charge in [-0.3, -0.25) is 0 Å². The van der Waals surface area contributed by atoms with Crippen LogP contribution in [0.5, 0.6) is 0 Å². The number of hydrogen-bond acceptors (Lipinski definition) is 1. The van der Waals surface area contributed by atoms with E-state index in [1.807, 2.05) is 0 Å². The van der Waals surface area contributed by atoms with Crippen molar-refractivity contribution >= 4 is 0 Å². The smallest absolute Gasteiger partial charge is 0.0177 e. The van der Waals surface area contributed by atoms with Gasteiger partial charge in [-0.05, 0) is 31.6 Å². The second-order valence-corrected chi connectivity index (χ2v) is 4.28. The summed E-state index contributed by atoms with van der Waals surface area (Å²) in [4.78, 5) is 0. The van der Waals surface area contributed by atoms with E-state index in [4.69, 9.17) is 5.73 Å². The highest BCUT2D eigenvalue weighted by Gasteiger charge is 2.31. The van der Waals surface area contributed by atoms with Crippen LogP contribution < -0.4 is 5.73 Å². The Labute approximate surface area is 76.7 Å². The summed E-state index contributed by atoms with van der Waals surface area (Å²) in [6.07, 6.45) is 9.28. The predicted molar refractivity (Wildman–Crippen MR) is 54.1 cm³/mol. The molecule has 0 heterocycles. The molecule has 0 bridgehead atoms. The van der Waals surface area contributed by atoms with Gasteiger partial charge in [0.1, 0.15) is 0 Å². The minimum absolute atomic E-state index is 0.153. The third-order valence-electron chi connectivity index (χ3n) is 3.73. The van der Waals surface area contributed by atoms with Gasteiger partial charge in [0.05, 0.1) is 0 Å². The van der Waals surface area contributed by atoms with E-state index in [0.717, 1.165) is 18.8 Å². The molecule has 0 aromatic heterocycles. The highest BCUT2D eigenvalue weighted by atomic mass is 14.8. The minimum atomic E-state index is 0.153. The Bertz CT molecular complexity index is 121. The van der Waals surface area contributed by atoms with E-state index in [0.29, 0.717) is 0 Å². The summed E-state index contributed by atoms with van der Waals surface area (Å²) in [5.74, 6) is 0.807. The van der Waals surface area contributed by atoms with Crippen molar-refractivity contribution in [1.29, 1.82) is 0 Å². The maximum Gasteiger partial charge on any atom is 0.0177 e. The van der Waals surface area contributed by atoms with Gasteiger partial charge in [0.15, 0.2) is 0 Å². The monoisotopic (exact) mass is 169 g/mol. The Morgan fingerprint density at radius 1 is 1.08 bits per heavy atom. The summed E-state index contributed by atoms with van der Waals surface area (Å²) in [6, 6.07) is 0. The molecule has 72 valence electrons. The Morgan fingerprint density at radius 3 is 2.00 bits per heavy atom. The normalized spacial score (nSPS) is 21.2. The molecule has 1 saturated carbocycles. The molecule has 1 aliphatic carbocycles. The van der Waals surface area contributed by atoms with Crippen molar-refractivity contribution < 1.29 is 0 Å². The van der Waals surface area contributed by atoms with Crippen molar-refractivity contribution in [3.63, 3.8) is 0 Å². The van der Waals surface area contributed by atoms with Crippen LogP contribution in [-0.4, -0.2) is 5.54 Å². The molecule has 1 heteroatoms. The van der Waals surface area contributed by atoms with E-state index in [-0.39, 0.29) is 5.54 Å². The highest BCUT2D eigenvalue weighted by molar-refractivity contribution is 4.90. The van der Waals surface area contributed by atoms with Crippen molar-refractivity contribution in [3.05, 3.63) is 0 Å². The molecule has 0 unspecified atom stereocenters. The first kappa shape index (κ1) is 10.0. The van der Waals surface area contributed by atoms with E-state index in [2.05, 4.69) is 13.8 Å². The van der Waals surface area contributed by atoms with Gasteiger partial charge in [-0.2, -0.15) is 0 Å². The first-order chi connectivity index (χ1) is 5.73. The van der Waals surface area contributed by atoms with E-state index < -0.39 is 0 Å². The summed E-state index contributed by atoms with van der Waals surface area (Å²) in [5, 5.41) is 0. The molecule has 0 aromatic carbocycles. The Morgan fingerprint density at radius 2 is 1.58 bits per heavy atom. The molecule has 0 amide bonds. The maximum atomic E-state index is 6.37. The maximum absolute atomic E-state index is 6.37. The molecule has 0 atom stereocenters. The zero-order chi connectivity index (χ0) is 9.03. The molecule has 0 radical (unpaired) electrons. The highest BCUT2D eigenvalue weighted by Crippen LogP contribution is 2.34. The van der Waals surface area contributed by atoms with Crippen LogP contribution in [0.15, 0.2) is 0 Å². The van der Waals surface area contributed by atoms with Gasteiger partial charge >= 0.3 is 0 Å². The molecule has 0 aliphatic heterocycles. The number of hydrogen-bond donors (Lipinski definition) is 1. The van der Waals surface area contributed by atoms with Crippen molar-refractivity contribution in [2.45, 2.75) is 64.3 Å². The molecule has 0 aromatic rings. The molecular weight excluding hydrogens is 146 g/mol. The fourth-order valence-electron chi connectivity index (χ4n) is 2.50. The largest absolute Gasteiger partial charge is 0.325 e. The molecule has 1 aliphatic rings. The van der Waals surface area contributed by atoms with Gasteiger partial charge < -0.3 is 5.73 Å². The van der Waals surface area contributed by atoms with Gasteiger partial charge in [0.25, 0.3) is 0 Å². The van der Waals surface area contributed by atoms with Gasteiger partial charge in [-0.25, -0.2) is 0 Å². The van der Waals surface area contributed by atoms with Crippen LogP contribution in [0.4, 0.5) is 0 Å². The number of nitrogens with two attached hydrogens (primary N) is 1. The molecular formula is C11H23N. The second-order valence-electron chi connectivity index (χ2n) is 4.28. The fourth-order valence-corrected chi connectivity index (χ4v) is 2.50. The summed E-state index contributed by atoms with van der Waals surface area (Å²) in [7, 11) is 0. The zero-order valence-electron chi connectivity index (χ0n) is 8.60. The third-order valence-corrected chi connectivity index (χ3v) is 3.73. The van der Waals surface area contributed by atoms with Crippen LogP contribution in [0.1, 0.15) is 58.8 Å². The summed E-state index contributed by atoms with van der Waals surface area (Å²) < 4.78 is 0. The number of rotatable bonds is 3. The average molecular weight is 169 g/mol. The summed E-state index contributed by atoms with van der Waals surface area (Å²) in [5.41, 5.74) is 6.52. The van der Waals surface area contributed by atoms with Crippen molar-refractivity contribution in [1.82, 2.24) is 0 Å². The van der Waals surface area contributed by atoms with Crippen LogP contribution in [0.3, 0.4) is 0 Å². The van der Waals surface area contributed by atoms with E-state index in [1.165, 1.54) is 32.1 Å². The van der Waals surface area contributed by atoms with Crippen molar-refractivity contribution in [2.24, 2.45) is 11.7 Å². The van der Waals surface area contributed by atoms with Gasteiger partial charge in [-0.15, -0.1) is 0 Å². The Kier molecular flexibility index (Phi) is 3.57. The quantitative estimate of drug-likeness (QED) is 0.690. The Hall–Kier alpha value is -0.0400. The van der Waals surface area contributed by atoms with Gasteiger partial charge in [0, 0.05) is 5.54 Å². The minimum Gasteiger partial charge on any atom is -0.325 e. The third kappa shape index (κ3) is 2.01. The van der Waals surface area contributed by atoms with Crippen LogP contribution in [-0.2, 0) is 0 Å². The molecule has 1 fully saturated rings. The second kappa shape index (κ2) is 4.27. The Balaban J connectivity index is 2.51. The lowest BCUT2D eigenvalue weighted by Gasteiger charge is -2.38. The van der Waals surface area contributed by atoms with Crippen molar-refractivity contribution in [2.75, 3.05) is 0 Å². The topological polar surface area (TPSA) is 26.0 Å². The fraction of sp³-hybridized carbons (Fsp3) is 1.00. The average Bonchev–Trinajstić information content (AvgIpc) is 2.18. The molecule has 1 nitrogen and oxygen atoms in total. The molecule has 1 rings (SSSR count). The van der Waals surface area contributed by atoms with Crippen molar-refractivity contribution in [3.8, 4) is 0 Å². The van der Waals surface area contributed by atoms with E-state index >= 15 is 0 Å². The SMILES string of the molecule is CCC(N)(CC)C1CCCCC1. The molecule has 0 spiro atoms. The van der Waals surface area contributed by atoms with Crippen LogP contribution in [0.25, 0.3) is 0 Å². The molecule has 12 heavy (non-hydrogen) atoms. The lowest BCUT2D eigenvalue weighted by Crippen LogP contribution is -2.46. The first-order valence-electron chi connectivity index (χ1n) is 5.52. The molecule has 2 N–H and O–H groups in total. The van der Waals surface area contributed by atoms with E-state index in [1.54, 1.807) is 0 Å². The lowest BCUT2D eigenvalue weighted by molar-refractivity contribution is 0.193. The first-order valence-corrected chi connectivity index (χ1v) is 5.52. The van der Waals surface area contributed by atoms with Crippen LogP contribution in [0, 0.1) is 5.92 Å². The predicted octanol–water partition coefficient (Wildman–Crippen LogP) is 3.08. The van der Waals surface area contributed by atoms with Gasteiger partial charge in [-0.1, -0.05) is 33.1 Å². The molecule has 0 saturated heterocycles. The van der Waals surface area contributed by atoms with E-state index in [9.17, 15) is 0 Å².